The quantitative estimate of drug-likeness (QED) is 0.818. The maximum atomic E-state index is 11.9. The summed E-state index contributed by atoms with van der Waals surface area (Å²) in [6.45, 7) is 5.72. The molecule has 88 valence electrons. The molecule has 1 unspecified atom stereocenters. The summed E-state index contributed by atoms with van der Waals surface area (Å²) in [5, 5.41) is 2.89. The van der Waals surface area contributed by atoms with Crippen LogP contribution in [-0.2, 0) is 11.2 Å². The molecule has 0 spiro atoms. The molecule has 0 aliphatic heterocycles. The normalized spacial score (nSPS) is 14.2. The van der Waals surface area contributed by atoms with Gasteiger partial charge < -0.3 is 11.1 Å². The largest absolute Gasteiger partial charge is 0.324 e. The summed E-state index contributed by atoms with van der Waals surface area (Å²) in [5.41, 5.74) is 7.07. The first-order chi connectivity index (χ1) is 7.51. The van der Waals surface area contributed by atoms with E-state index in [0.29, 0.717) is 6.42 Å². The van der Waals surface area contributed by atoms with E-state index in [4.69, 9.17) is 5.73 Å². The number of para-hydroxylation sites is 1. The molecule has 0 aromatic heterocycles. The third kappa shape index (κ3) is 2.83. The number of nitrogens with two attached hydrogens (primary N) is 1. The number of anilines is 1. The molecular weight excluding hydrogens is 200 g/mol. The second-order valence-electron chi connectivity index (χ2n) is 4.24. The summed E-state index contributed by atoms with van der Waals surface area (Å²) in [6, 6.07) is 7.79. The molecule has 0 bridgehead atoms. The van der Waals surface area contributed by atoms with Gasteiger partial charge in [0.05, 0.1) is 5.54 Å². The van der Waals surface area contributed by atoms with Crippen LogP contribution in [0, 0.1) is 0 Å². The fourth-order valence-electron chi connectivity index (χ4n) is 1.38. The third-order valence-corrected chi connectivity index (χ3v) is 2.90. The third-order valence-electron chi connectivity index (χ3n) is 2.90. The highest BCUT2D eigenvalue weighted by Gasteiger charge is 2.26. The standard InChI is InChI=1S/C13H20N2O/c1-4-10-8-6-7-9-11(10)15-12(16)13(3,14)5-2/h6-9H,4-5,14H2,1-3H3,(H,15,16). The van der Waals surface area contributed by atoms with Crippen molar-refractivity contribution in [3.63, 3.8) is 0 Å². The van der Waals surface area contributed by atoms with Gasteiger partial charge in [-0.1, -0.05) is 32.0 Å². The Morgan fingerprint density at radius 3 is 2.56 bits per heavy atom. The van der Waals surface area contributed by atoms with Gasteiger partial charge in [-0.15, -0.1) is 0 Å². The van der Waals surface area contributed by atoms with Gasteiger partial charge >= 0.3 is 0 Å². The molecule has 1 atom stereocenters. The van der Waals surface area contributed by atoms with Gasteiger partial charge in [0.25, 0.3) is 0 Å². The molecule has 0 heterocycles. The number of carbonyl (C=O) groups excluding carboxylic acids is 1. The van der Waals surface area contributed by atoms with E-state index >= 15 is 0 Å². The molecule has 0 saturated heterocycles. The highest BCUT2D eigenvalue weighted by atomic mass is 16.2. The van der Waals surface area contributed by atoms with E-state index in [1.165, 1.54) is 0 Å². The zero-order valence-electron chi connectivity index (χ0n) is 10.2. The predicted molar refractivity (Wildman–Crippen MR) is 67.3 cm³/mol. The summed E-state index contributed by atoms with van der Waals surface area (Å²) in [6.07, 6.45) is 1.51. The first-order valence-electron chi connectivity index (χ1n) is 5.69. The average Bonchev–Trinajstić information content (AvgIpc) is 2.29. The van der Waals surface area contributed by atoms with E-state index in [-0.39, 0.29) is 5.91 Å². The fourth-order valence-corrected chi connectivity index (χ4v) is 1.38. The van der Waals surface area contributed by atoms with Crippen LogP contribution in [0.25, 0.3) is 0 Å². The Bertz CT molecular complexity index is 372. The summed E-state index contributed by atoms with van der Waals surface area (Å²) in [4.78, 5) is 11.9. The molecule has 1 aromatic rings. The van der Waals surface area contributed by atoms with Crippen molar-refractivity contribution in [2.45, 2.75) is 39.2 Å². The molecule has 0 aliphatic carbocycles. The van der Waals surface area contributed by atoms with Crippen LogP contribution in [0.3, 0.4) is 0 Å². The van der Waals surface area contributed by atoms with Gasteiger partial charge in [-0.25, -0.2) is 0 Å². The second-order valence-corrected chi connectivity index (χ2v) is 4.24. The number of rotatable bonds is 4. The van der Waals surface area contributed by atoms with Crippen molar-refractivity contribution in [1.82, 2.24) is 0 Å². The van der Waals surface area contributed by atoms with E-state index in [1.807, 2.05) is 31.2 Å². The van der Waals surface area contributed by atoms with E-state index in [0.717, 1.165) is 17.7 Å². The van der Waals surface area contributed by atoms with Crippen molar-refractivity contribution >= 4 is 11.6 Å². The number of benzene rings is 1. The maximum absolute atomic E-state index is 11.9. The topological polar surface area (TPSA) is 55.1 Å². The van der Waals surface area contributed by atoms with Crippen molar-refractivity contribution in [3.05, 3.63) is 29.8 Å². The van der Waals surface area contributed by atoms with E-state index < -0.39 is 5.54 Å². The Morgan fingerprint density at radius 2 is 2.00 bits per heavy atom. The number of aryl methyl sites for hydroxylation is 1. The van der Waals surface area contributed by atoms with Crippen LogP contribution in [0.4, 0.5) is 5.69 Å². The molecule has 3 heteroatoms. The van der Waals surface area contributed by atoms with Crippen molar-refractivity contribution in [3.8, 4) is 0 Å². The summed E-state index contributed by atoms with van der Waals surface area (Å²) >= 11 is 0. The zero-order chi connectivity index (χ0) is 12.2. The molecule has 3 N–H and O–H groups in total. The van der Waals surface area contributed by atoms with Crippen molar-refractivity contribution < 1.29 is 4.79 Å². The van der Waals surface area contributed by atoms with Gasteiger partial charge in [-0.05, 0) is 31.4 Å². The zero-order valence-corrected chi connectivity index (χ0v) is 10.2. The lowest BCUT2D eigenvalue weighted by Gasteiger charge is -2.22. The van der Waals surface area contributed by atoms with Crippen molar-refractivity contribution in [1.29, 1.82) is 0 Å². The van der Waals surface area contributed by atoms with E-state index in [9.17, 15) is 4.79 Å². The SMILES string of the molecule is CCc1ccccc1NC(=O)C(C)(N)CC. The molecule has 16 heavy (non-hydrogen) atoms. The number of carbonyl (C=O) groups is 1. The Balaban J connectivity index is 2.85. The molecule has 0 radical (unpaired) electrons. The number of amides is 1. The first kappa shape index (κ1) is 12.7. The molecule has 0 fully saturated rings. The van der Waals surface area contributed by atoms with Crippen molar-refractivity contribution in [2.24, 2.45) is 5.73 Å². The Morgan fingerprint density at radius 1 is 1.38 bits per heavy atom. The Labute approximate surface area is 97.0 Å². The highest BCUT2D eigenvalue weighted by molar-refractivity contribution is 5.98. The summed E-state index contributed by atoms with van der Waals surface area (Å²) < 4.78 is 0. The van der Waals surface area contributed by atoms with Gasteiger partial charge in [0.15, 0.2) is 0 Å². The smallest absolute Gasteiger partial charge is 0.244 e. The first-order valence-corrected chi connectivity index (χ1v) is 5.69. The lowest BCUT2D eigenvalue weighted by Crippen LogP contribution is -2.47. The van der Waals surface area contributed by atoms with Crippen LogP contribution < -0.4 is 11.1 Å². The molecule has 0 aliphatic rings. The van der Waals surface area contributed by atoms with E-state index in [2.05, 4.69) is 12.2 Å². The van der Waals surface area contributed by atoms with Crippen LogP contribution in [-0.4, -0.2) is 11.4 Å². The fraction of sp³-hybridized carbons (Fsp3) is 0.462. The van der Waals surface area contributed by atoms with Gasteiger partial charge in [0.1, 0.15) is 0 Å². The lowest BCUT2D eigenvalue weighted by molar-refractivity contribution is -0.120. The van der Waals surface area contributed by atoms with Crippen LogP contribution >= 0.6 is 0 Å². The molecule has 1 rings (SSSR count). The second kappa shape index (κ2) is 5.12. The number of nitrogens with one attached hydrogen (secondary N) is 1. The lowest BCUT2D eigenvalue weighted by atomic mass is 9.99. The number of hydrogen-bond acceptors (Lipinski definition) is 2. The Hall–Kier alpha value is -1.35. The minimum atomic E-state index is -0.805. The maximum Gasteiger partial charge on any atom is 0.244 e. The van der Waals surface area contributed by atoms with Gasteiger partial charge in [0.2, 0.25) is 5.91 Å². The Kier molecular flexibility index (Phi) is 4.07. The average molecular weight is 220 g/mol. The molecular formula is C13H20N2O. The van der Waals surface area contributed by atoms with E-state index in [1.54, 1.807) is 6.92 Å². The minimum Gasteiger partial charge on any atom is -0.324 e. The summed E-state index contributed by atoms with van der Waals surface area (Å²) in [7, 11) is 0. The van der Waals surface area contributed by atoms with Gasteiger partial charge in [-0.2, -0.15) is 0 Å². The van der Waals surface area contributed by atoms with Crippen LogP contribution in [0.2, 0.25) is 0 Å². The highest BCUT2D eigenvalue weighted by Crippen LogP contribution is 2.17. The molecule has 0 saturated carbocycles. The van der Waals surface area contributed by atoms with Crippen LogP contribution in [0.15, 0.2) is 24.3 Å². The predicted octanol–water partition coefficient (Wildman–Crippen LogP) is 2.31. The monoisotopic (exact) mass is 220 g/mol. The summed E-state index contributed by atoms with van der Waals surface area (Å²) in [5.74, 6) is -0.129. The van der Waals surface area contributed by atoms with Crippen LogP contribution in [0.5, 0.6) is 0 Å². The molecule has 3 nitrogen and oxygen atoms in total. The minimum absolute atomic E-state index is 0.129. The van der Waals surface area contributed by atoms with Gasteiger partial charge in [0, 0.05) is 5.69 Å². The number of hydrogen-bond donors (Lipinski definition) is 2. The van der Waals surface area contributed by atoms with Gasteiger partial charge in [-0.3, -0.25) is 4.79 Å². The van der Waals surface area contributed by atoms with Crippen LogP contribution in [0.1, 0.15) is 32.8 Å². The molecule has 1 amide bonds. The molecule has 1 aromatic carbocycles. The van der Waals surface area contributed by atoms with Crippen molar-refractivity contribution in [2.75, 3.05) is 5.32 Å².